The Morgan fingerprint density at radius 1 is 1.40 bits per heavy atom. The minimum Gasteiger partial charge on any atom is -0.443 e. The molecule has 1 saturated heterocycles. The Bertz CT molecular complexity index is 727. The Balaban J connectivity index is 1.76. The van der Waals surface area contributed by atoms with Crippen molar-refractivity contribution < 1.29 is 19.0 Å². The number of hydrogen-bond donors (Lipinski definition) is 0. The highest BCUT2D eigenvalue weighted by molar-refractivity contribution is 5.90. The Kier molecular flexibility index (Phi) is 5.39. The third-order valence-corrected chi connectivity index (χ3v) is 4.05. The first-order valence-corrected chi connectivity index (χ1v) is 8.85. The normalized spacial score (nSPS) is 18.4. The van der Waals surface area contributed by atoms with Crippen LogP contribution in [0.3, 0.4) is 0 Å². The molecule has 0 spiro atoms. The van der Waals surface area contributed by atoms with Crippen LogP contribution in [0.1, 0.15) is 45.7 Å². The van der Waals surface area contributed by atoms with Crippen LogP contribution in [0, 0.1) is 0 Å². The van der Waals surface area contributed by atoms with Crippen LogP contribution in [-0.4, -0.2) is 40.7 Å². The summed E-state index contributed by atoms with van der Waals surface area (Å²) in [6.45, 7) is 6.84. The van der Waals surface area contributed by atoms with E-state index in [-0.39, 0.29) is 12.4 Å². The first kappa shape index (κ1) is 17.9. The van der Waals surface area contributed by atoms with Crippen LogP contribution in [0.4, 0.5) is 4.79 Å². The van der Waals surface area contributed by atoms with E-state index in [0.717, 1.165) is 42.5 Å². The number of ether oxygens (including phenoxy) is 3. The monoisotopic (exact) mass is 346 g/mol. The highest BCUT2D eigenvalue weighted by Gasteiger charge is 2.22. The first-order chi connectivity index (χ1) is 11.9. The van der Waals surface area contributed by atoms with Crippen molar-refractivity contribution in [2.24, 2.45) is 0 Å². The summed E-state index contributed by atoms with van der Waals surface area (Å²) in [6.07, 6.45) is 6.69. The van der Waals surface area contributed by atoms with Crippen molar-refractivity contribution in [1.29, 1.82) is 0 Å². The standard InChI is InChI=1S/C19H26N2O4/c1-19(2,3)25-18(22)21-15(12-14-13-20-9-7-16(14)21)8-11-24-17-6-4-5-10-23-17/h7,9,12-13,17H,4-6,8,10-11H2,1-3H3. The van der Waals surface area contributed by atoms with Gasteiger partial charge in [0.2, 0.25) is 0 Å². The molecule has 3 heterocycles. The fourth-order valence-electron chi connectivity index (χ4n) is 2.96. The highest BCUT2D eigenvalue weighted by Crippen LogP contribution is 2.22. The van der Waals surface area contributed by atoms with Gasteiger partial charge in [0.25, 0.3) is 0 Å². The molecule has 0 radical (unpaired) electrons. The van der Waals surface area contributed by atoms with Gasteiger partial charge in [-0.05, 0) is 52.2 Å². The number of nitrogens with zero attached hydrogens (tertiary/aromatic N) is 2. The zero-order valence-corrected chi connectivity index (χ0v) is 15.2. The van der Waals surface area contributed by atoms with Gasteiger partial charge < -0.3 is 14.2 Å². The molecule has 136 valence electrons. The van der Waals surface area contributed by atoms with Gasteiger partial charge in [-0.25, -0.2) is 9.36 Å². The number of carbonyl (C=O) groups excluding carboxylic acids is 1. The summed E-state index contributed by atoms with van der Waals surface area (Å²) in [5.74, 6) is 0. The molecule has 25 heavy (non-hydrogen) atoms. The summed E-state index contributed by atoms with van der Waals surface area (Å²) >= 11 is 0. The maximum Gasteiger partial charge on any atom is 0.419 e. The molecule has 0 aromatic carbocycles. The minimum atomic E-state index is -0.551. The SMILES string of the molecule is CC(C)(C)OC(=O)n1c(CCOC2CCCCO2)cc2cnccc21. The van der Waals surface area contributed by atoms with Crippen LogP contribution in [0.25, 0.3) is 10.9 Å². The zero-order chi connectivity index (χ0) is 17.9. The molecule has 3 rings (SSSR count). The second kappa shape index (κ2) is 7.54. The lowest BCUT2D eigenvalue weighted by Crippen LogP contribution is -2.28. The van der Waals surface area contributed by atoms with E-state index in [1.165, 1.54) is 0 Å². The molecule has 1 aliphatic rings. The molecule has 1 atom stereocenters. The second-order valence-corrected chi connectivity index (χ2v) is 7.30. The van der Waals surface area contributed by atoms with Gasteiger partial charge in [0.05, 0.1) is 12.1 Å². The van der Waals surface area contributed by atoms with E-state index < -0.39 is 5.60 Å². The fraction of sp³-hybridized carbons (Fsp3) is 0.579. The summed E-state index contributed by atoms with van der Waals surface area (Å²) < 4.78 is 18.6. The first-order valence-electron chi connectivity index (χ1n) is 8.85. The number of hydrogen-bond acceptors (Lipinski definition) is 5. The van der Waals surface area contributed by atoms with Gasteiger partial charge in [0.1, 0.15) is 5.60 Å². The van der Waals surface area contributed by atoms with Gasteiger partial charge in [0.15, 0.2) is 6.29 Å². The smallest absolute Gasteiger partial charge is 0.419 e. The quantitative estimate of drug-likeness (QED) is 0.840. The van der Waals surface area contributed by atoms with E-state index in [1.54, 1.807) is 17.0 Å². The van der Waals surface area contributed by atoms with Crippen LogP contribution in [0.2, 0.25) is 0 Å². The minimum absolute atomic E-state index is 0.130. The lowest BCUT2D eigenvalue weighted by molar-refractivity contribution is -0.161. The van der Waals surface area contributed by atoms with Crippen molar-refractivity contribution >= 4 is 17.0 Å². The summed E-state index contributed by atoms with van der Waals surface area (Å²) in [4.78, 5) is 16.8. The number of carbonyl (C=O) groups is 1. The lowest BCUT2D eigenvalue weighted by Gasteiger charge is -2.23. The predicted octanol–water partition coefficient (Wildman–Crippen LogP) is 3.91. The summed E-state index contributed by atoms with van der Waals surface area (Å²) in [5, 5.41) is 0.914. The van der Waals surface area contributed by atoms with E-state index in [4.69, 9.17) is 14.2 Å². The number of rotatable bonds is 4. The van der Waals surface area contributed by atoms with Gasteiger partial charge in [-0.15, -0.1) is 0 Å². The van der Waals surface area contributed by atoms with Gasteiger partial charge >= 0.3 is 6.09 Å². The van der Waals surface area contributed by atoms with E-state index in [0.29, 0.717) is 13.0 Å². The Labute approximate surface area is 148 Å². The van der Waals surface area contributed by atoms with Crippen molar-refractivity contribution in [3.63, 3.8) is 0 Å². The van der Waals surface area contributed by atoms with Crippen LogP contribution in [0.5, 0.6) is 0 Å². The van der Waals surface area contributed by atoms with Crippen molar-refractivity contribution in [1.82, 2.24) is 9.55 Å². The molecule has 0 amide bonds. The summed E-state index contributed by atoms with van der Waals surface area (Å²) in [5.41, 5.74) is 1.10. The summed E-state index contributed by atoms with van der Waals surface area (Å²) in [6, 6.07) is 3.80. The van der Waals surface area contributed by atoms with Crippen molar-refractivity contribution in [2.45, 2.75) is 58.3 Å². The highest BCUT2D eigenvalue weighted by atomic mass is 16.7. The van der Waals surface area contributed by atoms with Crippen molar-refractivity contribution in [3.8, 4) is 0 Å². The van der Waals surface area contributed by atoms with E-state index in [9.17, 15) is 4.79 Å². The molecule has 2 aromatic rings. The fourth-order valence-corrected chi connectivity index (χ4v) is 2.96. The van der Waals surface area contributed by atoms with Crippen molar-refractivity contribution in [3.05, 3.63) is 30.2 Å². The third-order valence-electron chi connectivity index (χ3n) is 4.05. The maximum absolute atomic E-state index is 12.7. The number of pyridine rings is 1. The van der Waals surface area contributed by atoms with Crippen LogP contribution in [-0.2, 0) is 20.6 Å². The maximum atomic E-state index is 12.7. The second-order valence-electron chi connectivity index (χ2n) is 7.30. The molecular formula is C19H26N2O4. The number of aromatic nitrogens is 2. The Hall–Kier alpha value is -1.92. The van der Waals surface area contributed by atoms with Gasteiger partial charge in [0, 0.05) is 36.5 Å². The lowest BCUT2D eigenvalue weighted by atomic mass is 10.2. The van der Waals surface area contributed by atoms with Crippen LogP contribution < -0.4 is 0 Å². The molecule has 6 nitrogen and oxygen atoms in total. The third kappa shape index (κ3) is 4.58. The molecule has 2 aromatic heterocycles. The van der Waals surface area contributed by atoms with Gasteiger partial charge in [-0.1, -0.05) is 0 Å². The van der Waals surface area contributed by atoms with Crippen LogP contribution >= 0.6 is 0 Å². The molecule has 0 bridgehead atoms. The Morgan fingerprint density at radius 3 is 2.96 bits per heavy atom. The van der Waals surface area contributed by atoms with E-state index >= 15 is 0 Å². The molecule has 0 saturated carbocycles. The number of fused-ring (bicyclic) bond motifs is 1. The molecule has 1 fully saturated rings. The van der Waals surface area contributed by atoms with Gasteiger partial charge in [-0.2, -0.15) is 0 Å². The molecule has 0 aliphatic carbocycles. The Morgan fingerprint density at radius 2 is 2.24 bits per heavy atom. The molecular weight excluding hydrogens is 320 g/mol. The average Bonchev–Trinajstić information content (AvgIpc) is 2.92. The van der Waals surface area contributed by atoms with E-state index in [1.807, 2.05) is 32.9 Å². The van der Waals surface area contributed by atoms with Crippen LogP contribution in [0.15, 0.2) is 24.5 Å². The topological polar surface area (TPSA) is 62.6 Å². The van der Waals surface area contributed by atoms with Gasteiger partial charge in [-0.3, -0.25) is 4.98 Å². The average molecular weight is 346 g/mol. The summed E-state index contributed by atoms with van der Waals surface area (Å²) in [7, 11) is 0. The largest absolute Gasteiger partial charge is 0.443 e. The zero-order valence-electron chi connectivity index (χ0n) is 15.2. The van der Waals surface area contributed by atoms with Crippen molar-refractivity contribution in [2.75, 3.05) is 13.2 Å². The molecule has 6 heteroatoms. The molecule has 1 unspecified atom stereocenters. The molecule has 0 N–H and O–H groups in total. The molecule has 1 aliphatic heterocycles. The predicted molar refractivity (Wildman–Crippen MR) is 94.6 cm³/mol. The van der Waals surface area contributed by atoms with E-state index in [2.05, 4.69) is 4.98 Å².